The first-order valence-corrected chi connectivity index (χ1v) is 6.86. The van der Waals surface area contributed by atoms with Crippen LogP contribution in [0.15, 0.2) is 0 Å². The molecule has 3 nitrogen and oxygen atoms in total. The van der Waals surface area contributed by atoms with E-state index in [1.165, 1.54) is 12.8 Å². The molecule has 0 aromatic heterocycles. The Kier molecular flexibility index (Phi) is 4.99. The summed E-state index contributed by atoms with van der Waals surface area (Å²) in [6, 6.07) is 0.610. The molecule has 102 valence electrons. The normalized spacial score (nSPS) is 22.2. The molecule has 0 amide bonds. The lowest BCUT2D eigenvalue weighted by molar-refractivity contribution is -0.0795. The standard InChI is InChI=1S/C14H29NO2/c1-6-13(3,4)17-11(2)9-14(5,10-16)15-12-7-8-12/h11-12,15-16H,6-10H2,1-5H3. The Labute approximate surface area is 106 Å². The number of aliphatic hydroxyl groups excluding tert-OH is 1. The van der Waals surface area contributed by atoms with Gasteiger partial charge in [-0.1, -0.05) is 6.92 Å². The average molecular weight is 243 g/mol. The third kappa shape index (κ3) is 5.36. The third-order valence-corrected chi connectivity index (χ3v) is 3.59. The van der Waals surface area contributed by atoms with Crippen molar-refractivity contribution < 1.29 is 9.84 Å². The largest absolute Gasteiger partial charge is 0.394 e. The fourth-order valence-corrected chi connectivity index (χ4v) is 2.19. The molecular weight excluding hydrogens is 214 g/mol. The van der Waals surface area contributed by atoms with E-state index in [2.05, 4.69) is 39.9 Å². The number of ether oxygens (including phenoxy) is 1. The summed E-state index contributed by atoms with van der Waals surface area (Å²) in [5, 5.41) is 13.1. The van der Waals surface area contributed by atoms with Gasteiger partial charge in [0.1, 0.15) is 0 Å². The van der Waals surface area contributed by atoms with E-state index >= 15 is 0 Å². The minimum Gasteiger partial charge on any atom is -0.394 e. The van der Waals surface area contributed by atoms with Crippen molar-refractivity contribution in [2.45, 2.75) is 83.6 Å². The van der Waals surface area contributed by atoms with Crippen molar-refractivity contribution in [3.8, 4) is 0 Å². The molecule has 0 radical (unpaired) electrons. The van der Waals surface area contributed by atoms with Crippen molar-refractivity contribution in [3.05, 3.63) is 0 Å². The van der Waals surface area contributed by atoms with E-state index in [-0.39, 0.29) is 23.9 Å². The van der Waals surface area contributed by atoms with E-state index in [1.807, 2.05) is 0 Å². The van der Waals surface area contributed by atoms with Crippen LogP contribution in [0.4, 0.5) is 0 Å². The van der Waals surface area contributed by atoms with Crippen LogP contribution in [-0.2, 0) is 4.74 Å². The lowest BCUT2D eigenvalue weighted by Gasteiger charge is -2.35. The van der Waals surface area contributed by atoms with Gasteiger partial charge in [0, 0.05) is 11.6 Å². The number of rotatable bonds is 8. The number of nitrogens with one attached hydrogen (secondary N) is 1. The smallest absolute Gasteiger partial charge is 0.0627 e. The van der Waals surface area contributed by atoms with E-state index in [9.17, 15) is 5.11 Å². The maximum Gasteiger partial charge on any atom is 0.0627 e. The molecule has 0 aliphatic heterocycles. The maximum atomic E-state index is 9.55. The second kappa shape index (κ2) is 5.68. The topological polar surface area (TPSA) is 41.5 Å². The van der Waals surface area contributed by atoms with Gasteiger partial charge in [0.05, 0.1) is 18.3 Å². The monoisotopic (exact) mass is 243 g/mol. The highest BCUT2D eigenvalue weighted by molar-refractivity contribution is 4.93. The van der Waals surface area contributed by atoms with Gasteiger partial charge in [-0.2, -0.15) is 0 Å². The summed E-state index contributed by atoms with van der Waals surface area (Å²) in [6.07, 6.45) is 4.50. The quantitative estimate of drug-likeness (QED) is 0.688. The van der Waals surface area contributed by atoms with Gasteiger partial charge in [-0.05, 0) is 53.4 Å². The van der Waals surface area contributed by atoms with Crippen molar-refractivity contribution in [3.63, 3.8) is 0 Å². The minimum atomic E-state index is -0.204. The fourth-order valence-electron chi connectivity index (χ4n) is 2.19. The van der Waals surface area contributed by atoms with Gasteiger partial charge in [-0.3, -0.25) is 0 Å². The Morgan fingerprint density at radius 2 is 1.94 bits per heavy atom. The molecule has 2 atom stereocenters. The summed E-state index contributed by atoms with van der Waals surface area (Å²) < 4.78 is 6.04. The van der Waals surface area contributed by atoms with Crippen LogP contribution < -0.4 is 5.32 Å². The zero-order valence-electron chi connectivity index (χ0n) is 12.0. The zero-order valence-corrected chi connectivity index (χ0v) is 12.0. The lowest BCUT2D eigenvalue weighted by atomic mass is 9.94. The highest BCUT2D eigenvalue weighted by Gasteiger charge is 2.34. The first-order chi connectivity index (χ1) is 7.80. The second-order valence-electron chi connectivity index (χ2n) is 6.38. The van der Waals surface area contributed by atoms with Crippen LogP contribution in [0.25, 0.3) is 0 Å². The van der Waals surface area contributed by atoms with Crippen LogP contribution in [0.3, 0.4) is 0 Å². The lowest BCUT2D eigenvalue weighted by Crippen LogP contribution is -2.49. The van der Waals surface area contributed by atoms with E-state index in [0.717, 1.165) is 12.8 Å². The Hall–Kier alpha value is -0.120. The van der Waals surface area contributed by atoms with Gasteiger partial charge >= 0.3 is 0 Å². The Bertz CT molecular complexity index is 238. The molecule has 2 N–H and O–H groups in total. The van der Waals surface area contributed by atoms with E-state index in [4.69, 9.17) is 4.74 Å². The van der Waals surface area contributed by atoms with Gasteiger partial charge in [0.15, 0.2) is 0 Å². The maximum absolute atomic E-state index is 9.55. The molecule has 1 aliphatic carbocycles. The van der Waals surface area contributed by atoms with Crippen LogP contribution in [0.2, 0.25) is 0 Å². The van der Waals surface area contributed by atoms with Gasteiger partial charge in [-0.15, -0.1) is 0 Å². The summed E-state index contributed by atoms with van der Waals surface area (Å²) in [4.78, 5) is 0. The first kappa shape index (κ1) is 14.9. The molecule has 0 aromatic carbocycles. The Balaban J connectivity index is 2.43. The van der Waals surface area contributed by atoms with Crippen LogP contribution in [0, 0.1) is 0 Å². The van der Waals surface area contributed by atoms with E-state index in [0.29, 0.717) is 6.04 Å². The molecule has 1 saturated carbocycles. The van der Waals surface area contributed by atoms with Crippen LogP contribution in [0.5, 0.6) is 0 Å². The van der Waals surface area contributed by atoms with Crippen molar-refractivity contribution in [1.29, 1.82) is 0 Å². The van der Waals surface area contributed by atoms with Crippen molar-refractivity contribution in [2.75, 3.05) is 6.61 Å². The van der Waals surface area contributed by atoms with Crippen LogP contribution in [0.1, 0.15) is 60.3 Å². The van der Waals surface area contributed by atoms with Crippen molar-refractivity contribution in [2.24, 2.45) is 0 Å². The zero-order chi connectivity index (χ0) is 13.1. The van der Waals surface area contributed by atoms with Crippen LogP contribution >= 0.6 is 0 Å². The first-order valence-electron chi connectivity index (χ1n) is 6.86. The summed E-state index contributed by atoms with van der Waals surface area (Å²) in [6.45, 7) is 10.7. The molecule has 0 heterocycles. The second-order valence-corrected chi connectivity index (χ2v) is 6.38. The molecule has 1 rings (SSSR count). The Morgan fingerprint density at radius 1 is 1.35 bits per heavy atom. The van der Waals surface area contributed by atoms with E-state index in [1.54, 1.807) is 0 Å². The van der Waals surface area contributed by atoms with Crippen LogP contribution in [-0.4, -0.2) is 35.0 Å². The van der Waals surface area contributed by atoms with Crippen molar-refractivity contribution in [1.82, 2.24) is 5.32 Å². The Morgan fingerprint density at radius 3 is 2.35 bits per heavy atom. The minimum absolute atomic E-state index is 0.0740. The predicted molar refractivity (Wildman–Crippen MR) is 71.2 cm³/mol. The van der Waals surface area contributed by atoms with E-state index < -0.39 is 0 Å². The number of hydrogen-bond donors (Lipinski definition) is 2. The third-order valence-electron chi connectivity index (χ3n) is 3.59. The summed E-state index contributed by atoms with van der Waals surface area (Å²) in [5.41, 5.74) is -0.278. The summed E-state index contributed by atoms with van der Waals surface area (Å²) in [5.74, 6) is 0. The SMILES string of the molecule is CCC(C)(C)OC(C)CC(C)(CO)NC1CC1. The molecule has 0 spiro atoms. The molecular formula is C14H29NO2. The molecule has 3 heteroatoms. The van der Waals surface area contributed by atoms with Gasteiger partial charge in [-0.25, -0.2) is 0 Å². The number of hydrogen-bond acceptors (Lipinski definition) is 3. The summed E-state index contributed by atoms with van der Waals surface area (Å²) in [7, 11) is 0. The fraction of sp³-hybridized carbons (Fsp3) is 1.00. The summed E-state index contributed by atoms with van der Waals surface area (Å²) >= 11 is 0. The molecule has 1 fully saturated rings. The highest BCUT2D eigenvalue weighted by Crippen LogP contribution is 2.26. The molecule has 2 unspecified atom stereocenters. The molecule has 0 saturated heterocycles. The van der Waals surface area contributed by atoms with Gasteiger partial charge in [0.25, 0.3) is 0 Å². The molecule has 0 bridgehead atoms. The molecule has 0 aromatic rings. The molecule has 17 heavy (non-hydrogen) atoms. The average Bonchev–Trinajstić information content (AvgIpc) is 3.00. The molecule has 1 aliphatic rings. The van der Waals surface area contributed by atoms with Gasteiger partial charge in [0.2, 0.25) is 0 Å². The van der Waals surface area contributed by atoms with Crippen molar-refractivity contribution >= 4 is 0 Å². The number of aliphatic hydroxyl groups is 1. The van der Waals surface area contributed by atoms with Gasteiger partial charge < -0.3 is 15.2 Å². The predicted octanol–water partition coefficient (Wildman–Crippen LogP) is 2.47. The highest BCUT2D eigenvalue weighted by atomic mass is 16.5.